The van der Waals surface area contributed by atoms with Crippen LogP contribution in [0.15, 0.2) is 17.6 Å². The zero-order valence-electron chi connectivity index (χ0n) is 15.0. The van der Waals surface area contributed by atoms with Crippen LogP contribution in [0.3, 0.4) is 0 Å². The van der Waals surface area contributed by atoms with E-state index in [1.165, 1.54) is 0 Å². The second kappa shape index (κ2) is 6.54. The summed E-state index contributed by atoms with van der Waals surface area (Å²) < 4.78 is 1.79. The first-order chi connectivity index (χ1) is 12.5. The van der Waals surface area contributed by atoms with Gasteiger partial charge >= 0.3 is 5.97 Å². The molecule has 7 heteroatoms. The number of likely N-dealkylation sites (tertiary alicyclic amines) is 1. The molecule has 0 unspecified atom stereocenters. The number of thiazole rings is 1. The molecule has 0 spiro atoms. The summed E-state index contributed by atoms with van der Waals surface area (Å²) in [5.74, 6) is -0.750. The molecule has 6 nitrogen and oxygen atoms in total. The van der Waals surface area contributed by atoms with Gasteiger partial charge in [0.1, 0.15) is 11.7 Å². The van der Waals surface area contributed by atoms with E-state index in [2.05, 4.69) is 4.98 Å². The van der Waals surface area contributed by atoms with Gasteiger partial charge in [-0.1, -0.05) is 12.8 Å². The fourth-order valence-corrected chi connectivity index (χ4v) is 5.14. The van der Waals surface area contributed by atoms with E-state index in [0.717, 1.165) is 41.9 Å². The molecule has 1 amide bonds. The first-order valence-corrected chi connectivity index (χ1v) is 9.98. The largest absolute Gasteiger partial charge is 0.480 e. The van der Waals surface area contributed by atoms with Crippen molar-refractivity contribution in [3.8, 4) is 11.3 Å². The molecule has 1 N–H and O–H groups in total. The summed E-state index contributed by atoms with van der Waals surface area (Å²) in [7, 11) is 1.83. The smallest absolute Gasteiger partial charge is 0.326 e. The zero-order chi connectivity index (χ0) is 18.4. The van der Waals surface area contributed by atoms with Crippen LogP contribution in [0, 0.1) is 12.8 Å². The van der Waals surface area contributed by atoms with Gasteiger partial charge in [0, 0.05) is 30.2 Å². The minimum Gasteiger partial charge on any atom is -0.480 e. The monoisotopic (exact) mass is 373 g/mol. The quantitative estimate of drug-likeness (QED) is 0.896. The number of carbonyl (C=O) groups excluding carboxylic acids is 1. The standard InChI is InChI=1S/C19H23N3O3S/c1-11-20-14(10-26-11)13-8-16(21(2)9-13)18(23)22-15-6-4-3-5-12(15)7-17(22)19(24)25/h8-10,12,15,17H,3-7H2,1-2H3,(H,24,25)/t12-,15-,17-/m0/s1. The molecule has 3 heterocycles. The number of aromatic nitrogens is 2. The average Bonchev–Trinajstić information content (AvgIpc) is 3.30. The van der Waals surface area contributed by atoms with Gasteiger partial charge in [0.2, 0.25) is 0 Å². The number of hydrogen-bond donors (Lipinski definition) is 1. The molecule has 1 aliphatic heterocycles. The van der Waals surface area contributed by atoms with E-state index in [-0.39, 0.29) is 11.9 Å². The molecule has 1 saturated carbocycles. The molecule has 4 rings (SSSR count). The number of nitrogens with zero attached hydrogens (tertiary/aromatic N) is 3. The van der Waals surface area contributed by atoms with Gasteiger partial charge in [-0.3, -0.25) is 4.79 Å². The minimum absolute atomic E-state index is 0.0530. The minimum atomic E-state index is -0.891. The van der Waals surface area contributed by atoms with Gasteiger partial charge in [-0.15, -0.1) is 11.3 Å². The van der Waals surface area contributed by atoms with Gasteiger partial charge in [0.05, 0.1) is 10.7 Å². The van der Waals surface area contributed by atoms with Crippen LogP contribution in [0.25, 0.3) is 11.3 Å². The van der Waals surface area contributed by atoms with E-state index in [0.29, 0.717) is 18.0 Å². The Morgan fingerprint density at radius 2 is 2.08 bits per heavy atom. The number of carboxylic acids is 1. The maximum Gasteiger partial charge on any atom is 0.326 e. The highest BCUT2D eigenvalue weighted by molar-refractivity contribution is 7.09. The third-order valence-corrected chi connectivity index (χ3v) is 6.52. The first kappa shape index (κ1) is 17.3. The van der Waals surface area contributed by atoms with Gasteiger partial charge in [-0.2, -0.15) is 0 Å². The molecule has 2 fully saturated rings. The Labute approximate surface area is 156 Å². The Morgan fingerprint density at radius 1 is 1.31 bits per heavy atom. The predicted molar refractivity (Wildman–Crippen MR) is 99.2 cm³/mol. The average molecular weight is 373 g/mol. The highest BCUT2D eigenvalue weighted by Crippen LogP contribution is 2.40. The van der Waals surface area contributed by atoms with E-state index >= 15 is 0 Å². The molecule has 2 aliphatic rings. The molecule has 0 aromatic carbocycles. The summed E-state index contributed by atoms with van der Waals surface area (Å²) in [5.41, 5.74) is 2.28. The number of amides is 1. The number of fused-ring (bicyclic) bond motifs is 1. The van der Waals surface area contributed by atoms with Crippen molar-refractivity contribution in [3.63, 3.8) is 0 Å². The highest BCUT2D eigenvalue weighted by atomic mass is 32.1. The zero-order valence-corrected chi connectivity index (χ0v) is 15.8. The van der Waals surface area contributed by atoms with Crippen molar-refractivity contribution in [3.05, 3.63) is 28.3 Å². The maximum atomic E-state index is 13.3. The summed E-state index contributed by atoms with van der Waals surface area (Å²) in [6.07, 6.45) is 6.60. The molecular formula is C19H23N3O3S. The molecule has 1 aliphatic carbocycles. The lowest BCUT2D eigenvalue weighted by Crippen LogP contribution is -2.46. The van der Waals surface area contributed by atoms with Crippen molar-refractivity contribution >= 4 is 23.2 Å². The van der Waals surface area contributed by atoms with E-state index < -0.39 is 12.0 Å². The SMILES string of the molecule is Cc1nc(-c2cc(C(=O)N3[C@H](C(=O)O)C[C@@H]4CCCC[C@@H]43)n(C)c2)cs1. The molecule has 3 atom stereocenters. The summed E-state index contributed by atoms with van der Waals surface area (Å²) in [4.78, 5) is 31.2. The van der Waals surface area contributed by atoms with Gasteiger partial charge in [-0.05, 0) is 38.2 Å². The van der Waals surface area contributed by atoms with E-state index in [4.69, 9.17) is 0 Å². The van der Waals surface area contributed by atoms with Crippen molar-refractivity contribution in [2.45, 2.75) is 51.1 Å². The van der Waals surface area contributed by atoms with Gasteiger partial charge in [0.25, 0.3) is 5.91 Å². The maximum absolute atomic E-state index is 13.3. The fourth-order valence-electron chi connectivity index (χ4n) is 4.52. The molecule has 0 radical (unpaired) electrons. The number of aryl methyl sites for hydroxylation is 2. The molecule has 2 aromatic heterocycles. The van der Waals surface area contributed by atoms with Crippen molar-refractivity contribution < 1.29 is 14.7 Å². The lowest BCUT2D eigenvalue weighted by Gasteiger charge is -2.33. The van der Waals surface area contributed by atoms with Crippen LogP contribution in [0.1, 0.15) is 47.6 Å². The molecule has 1 saturated heterocycles. The normalized spacial score (nSPS) is 25.3. The van der Waals surface area contributed by atoms with Crippen LogP contribution >= 0.6 is 11.3 Å². The van der Waals surface area contributed by atoms with Crippen LogP contribution in [0.4, 0.5) is 0 Å². The second-order valence-electron chi connectivity index (χ2n) is 7.39. The number of carbonyl (C=O) groups is 2. The Hall–Kier alpha value is -2.15. The van der Waals surface area contributed by atoms with Gasteiger partial charge in [-0.25, -0.2) is 9.78 Å². The Morgan fingerprint density at radius 3 is 2.77 bits per heavy atom. The number of rotatable bonds is 3. The number of carboxylic acid groups (broad SMARTS) is 1. The predicted octanol–water partition coefficient (Wildman–Crippen LogP) is 3.31. The van der Waals surface area contributed by atoms with Gasteiger partial charge < -0.3 is 14.6 Å². The van der Waals surface area contributed by atoms with Crippen LogP contribution in [-0.4, -0.2) is 43.5 Å². The van der Waals surface area contributed by atoms with E-state index in [9.17, 15) is 14.7 Å². The topological polar surface area (TPSA) is 75.4 Å². The molecule has 138 valence electrons. The lowest BCUT2D eigenvalue weighted by atomic mass is 9.84. The van der Waals surface area contributed by atoms with E-state index in [1.807, 2.05) is 31.6 Å². The third-order valence-electron chi connectivity index (χ3n) is 5.75. The van der Waals surface area contributed by atoms with Crippen molar-refractivity contribution in [1.82, 2.24) is 14.5 Å². The summed E-state index contributed by atoms with van der Waals surface area (Å²) in [5, 5.41) is 12.6. The van der Waals surface area contributed by atoms with Gasteiger partial charge in [0.15, 0.2) is 0 Å². The summed E-state index contributed by atoms with van der Waals surface area (Å²) in [6.45, 7) is 1.95. The number of hydrogen-bond acceptors (Lipinski definition) is 4. The summed E-state index contributed by atoms with van der Waals surface area (Å²) in [6, 6.07) is 1.18. The Bertz CT molecular complexity index is 856. The van der Waals surface area contributed by atoms with Crippen molar-refractivity contribution in [1.29, 1.82) is 0 Å². The highest BCUT2D eigenvalue weighted by Gasteiger charge is 2.48. The van der Waals surface area contributed by atoms with Crippen LogP contribution in [0.5, 0.6) is 0 Å². The molecule has 26 heavy (non-hydrogen) atoms. The van der Waals surface area contributed by atoms with Crippen LogP contribution in [-0.2, 0) is 11.8 Å². The summed E-state index contributed by atoms with van der Waals surface area (Å²) >= 11 is 1.57. The van der Waals surface area contributed by atoms with Crippen LogP contribution in [0.2, 0.25) is 0 Å². The third kappa shape index (κ3) is 2.84. The second-order valence-corrected chi connectivity index (χ2v) is 8.45. The molecular weight excluding hydrogens is 350 g/mol. The number of aliphatic carboxylic acids is 1. The Balaban J connectivity index is 1.67. The fraction of sp³-hybridized carbons (Fsp3) is 0.526. The molecule has 0 bridgehead atoms. The molecule has 2 aromatic rings. The van der Waals surface area contributed by atoms with E-state index in [1.54, 1.807) is 20.8 Å². The Kier molecular flexibility index (Phi) is 4.34. The van der Waals surface area contributed by atoms with Crippen LogP contribution < -0.4 is 0 Å². The lowest BCUT2D eigenvalue weighted by molar-refractivity contribution is -0.141. The van der Waals surface area contributed by atoms with Crippen molar-refractivity contribution in [2.75, 3.05) is 0 Å². The van der Waals surface area contributed by atoms with Crippen molar-refractivity contribution in [2.24, 2.45) is 13.0 Å². The first-order valence-electron chi connectivity index (χ1n) is 9.10.